The maximum absolute atomic E-state index is 14.8. The lowest BCUT2D eigenvalue weighted by Gasteiger charge is -2.16. The number of aromatic nitrogens is 1. The van der Waals surface area contributed by atoms with E-state index in [1.54, 1.807) is 13.0 Å². The van der Waals surface area contributed by atoms with Gasteiger partial charge in [0.05, 0.1) is 11.9 Å². The summed E-state index contributed by atoms with van der Waals surface area (Å²) in [6.45, 7) is 8.01. The van der Waals surface area contributed by atoms with Crippen LogP contribution >= 0.6 is 0 Å². The zero-order chi connectivity index (χ0) is 20.0. The van der Waals surface area contributed by atoms with Crippen molar-refractivity contribution in [3.63, 3.8) is 0 Å². The first-order valence-corrected chi connectivity index (χ1v) is 8.93. The number of rotatable bonds is 5. The van der Waals surface area contributed by atoms with Gasteiger partial charge >= 0.3 is 6.03 Å². The van der Waals surface area contributed by atoms with E-state index in [0.29, 0.717) is 23.6 Å². The molecule has 1 aromatic heterocycles. The van der Waals surface area contributed by atoms with Crippen LogP contribution in [0.25, 0.3) is 11.1 Å². The summed E-state index contributed by atoms with van der Waals surface area (Å²) in [5.41, 5.74) is 2.06. The number of benzene rings is 1. The third-order valence-corrected chi connectivity index (χ3v) is 4.21. The second kappa shape index (κ2) is 9.12. The summed E-state index contributed by atoms with van der Waals surface area (Å²) in [6, 6.07) is 4.19. The van der Waals surface area contributed by atoms with E-state index in [9.17, 15) is 14.3 Å². The molecule has 1 heterocycles. The molecule has 2 amide bonds. The molecule has 0 saturated heterocycles. The summed E-state index contributed by atoms with van der Waals surface area (Å²) in [5, 5.41) is 14.9. The van der Waals surface area contributed by atoms with Crippen molar-refractivity contribution in [2.75, 3.05) is 6.54 Å². The number of nitrogens with zero attached hydrogens (tertiary/aromatic N) is 2. The van der Waals surface area contributed by atoms with Gasteiger partial charge in [-0.05, 0) is 49.9 Å². The number of urea groups is 1. The Morgan fingerprint density at radius 2 is 2.04 bits per heavy atom. The number of amides is 2. The Morgan fingerprint density at radius 3 is 2.67 bits per heavy atom. The van der Waals surface area contributed by atoms with E-state index in [4.69, 9.17) is 0 Å². The lowest BCUT2D eigenvalue weighted by atomic mass is 9.93. The Hall–Kier alpha value is -2.96. The molecular weight excluding hydrogens is 347 g/mol. The first-order chi connectivity index (χ1) is 12.8. The lowest BCUT2D eigenvalue weighted by Crippen LogP contribution is -2.38. The summed E-state index contributed by atoms with van der Waals surface area (Å²) < 4.78 is 14.8. The van der Waals surface area contributed by atoms with Gasteiger partial charge in [0.25, 0.3) is 0 Å². The lowest BCUT2D eigenvalue weighted by molar-refractivity contribution is 0.246. The number of hydrogen-bond acceptors (Lipinski definition) is 4. The normalized spacial score (nSPS) is 12.6. The van der Waals surface area contributed by atoms with Crippen LogP contribution in [0.15, 0.2) is 35.6 Å². The highest BCUT2D eigenvalue weighted by Gasteiger charge is 2.16. The summed E-state index contributed by atoms with van der Waals surface area (Å²) in [7, 11) is 0. The number of nitrogens with one attached hydrogen (secondary N) is 2. The minimum Gasteiger partial charge on any atom is -0.506 e. The third kappa shape index (κ3) is 5.26. The predicted octanol–water partition coefficient (Wildman–Crippen LogP) is 4.48. The van der Waals surface area contributed by atoms with Crippen molar-refractivity contribution in [2.45, 2.75) is 40.0 Å². The van der Waals surface area contributed by atoms with Gasteiger partial charge in [0.2, 0.25) is 0 Å². The number of amidine groups is 1. The van der Waals surface area contributed by atoms with Crippen molar-refractivity contribution in [3.8, 4) is 16.9 Å². The van der Waals surface area contributed by atoms with E-state index in [1.165, 1.54) is 24.5 Å². The molecule has 3 N–H and O–H groups in total. The van der Waals surface area contributed by atoms with Gasteiger partial charge in [-0.3, -0.25) is 10.3 Å². The zero-order valence-electron chi connectivity index (χ0n) is 16.0. The van der Waals surface area contributed by atoms with E-state index in [1.807, 2.05) is 20.8 Å². The Kier molecular flexibility index (Phi) is 6.87. The number of carbonyl (C=O) groups excluding carboxylic acids is 1. The number of pyridine rings is 1. The fourth-order valence-electron chi connectivity index (χ4n) is 2.66. The average Bonchev–Trinajstić information content (AvgIpc) is 2.62. The molecule has 0 radical (unpaired) electrons. The van der Waals surface area contributed by atoms with Crippen LogP contribution in [0.1, 0.15) is 45.6 Å². The molecule has 7 heteroatoms. The number of carbonyl (C=O) groups is 1. The fourth-order valence-corrected chi connectivity index (χ4v) is 2.66. The van der Waals surface area contributed by atoms with Gasteiger partial charge in [-0.15, -0.1) is 0 Å². The van der Waals surface area contributed by atoms with Gasteiger partial charge in [-0.25, -0.2) is 14.2 Å². The number of aliphatic imine (C=N–C) groups is 1. The molecule has 0 aliphatic carbocycles. The zero-order valence-corrected chi connectivity index (χ0v) is 16.0. The maximum atomic E-state index is 14.8. The van der Waals surface area contributed by atoms with E-state index >= 15 is 0 Å². The Bertz CT molecular complexity index is 852. The predicted molar refractivity (Wildman–Crippen MR) is 105 cm³/mol. The molecule has 0 aliphatic rings. The monoisotopic (exact) mass is 372 g/mol. The molecule has 2 aromatic rings. The van der Waals surface area contributed by atoms with Gasteiger partial charge < -0.3 is 10.4 Å². The smallest absolute Gasteiger partial charge is 0.320 e. The molecule has 1 aromatic carbocycles. The van der Waals surface area contributed by atoms with Crippen LogP contribution in [-0.4, -0.2) is 28.5 Å². The summed E-state index contributed by atoms with van der Waals surface area (Å²) in [5.74, 6) is 0.0343. The molecule has 0 spiro atoms. The average molecular weight is 372 g/mol. The first-order valence-electron chi connectivity index (χ1n) is 8.93. The molecule has 1 unspecified atom stereocenters. The van der Waals surface area contributed by atoms with E-state index < -0.39 is 5.82 Å². The molecule has 144 valence electrons. The molecule has 0 aliphatic heterocycles. The molecular formula is C20H25FN4O2. The van der Waals surface area contributed by atoms with Crippen molar-refractivity contribution >= 4 is 17.6 Å². The van der Waals surface area contributed by atoms with E-state index in [2.05, 4.69) is 20.6 Å². The molecule has 2 rings (SSSR count). The minimum atomic E-state index is -0.411. The van der Waals surface area contributed by atoms with Gasteiger partial charge in [0.15, 0.2) is 0 Å². The van der Waals surface area contributed by atoms with Crippen molar-refractivity contribution in [3.05, 3.63) is 42.0 Å². The molecule has 6 nitrogen and oxygen atoms in total. The summed E-state index contributed by atoms with van der Waals surface area (Å²) in [6.07, 6.45) is 3.58. The van der Waals surface area contributed by atoms with Crippen molar-refractivity contribution in [1.29, 1.82) is 0 Å². The summed E-state index contributed by atoms with van der Waals surface area (Å²) in [4.78, 5) is 20.1. The fraction of sp³-hybridized carbons (Fsp3) is 0.350. The third-order valence-electron chi connectivity index (χ3n) is 4.21. The van der Waals surface area contributed by atoms with E-state index in [0.717, 1.165) is 12.0 Å². The topological polar surface area (TPSA) is 86.6 Å². The Balaban J connectivity index is 2.52. The maximum Gasteiger partial charge on any atom is 0.320 e. The molecule has 0 saturated carbocycles. The number of aromatic hydroxyl groups is 1. The highest BCUT2D eigenvalue weighted by molar-refractivity contribution is 5.97. The highest BCUT2D eigenvalue weighted by atomic mass is 19.1. The molecule has 0 bridgehead atoms. The quantitative estimate of drug-likeness (QED) is 0.534. The van der Waals surface area contributed by atoms with Crippen LogP contribution in [0, 0.1) is 5.82 Å². The SMILES string of the molecule is CCNC(=O)NC(C)=Nc1cc(-c2cncc(O)c2)c(F)cc1C(C)CC. The van der Waals surface area contributed by atoms with Crippen LogP contribution in [-0.2, 0) is 0 Å². The van der Waals surface area contributed by atoms with Gasteiger partial charge in [-0.2, -0.15) is 0 Å². The standard InChI is InChI=1S/C20H25FN4O2/c1-5-12(3)16-8-18(21)17(14-7-15(26)11-22-10-14)9-19(16)24-13(4)25-20(27)23-6-2/h7-12,26H,5-6H2,1-4H3,(H2,23,24,25,27). The van der Waals surface area contributed by atoms with Crippen LogP contribution in [0.4, 0.5) is 14.9 Å². The second-order valence-electron chi connectivity index (χ2n) is 6.31. The van der Waals surface area contributed by atoms with Crippen LogP contribution in [0.2, 0.25) is 0 Å². The number of hydrogen-bond donors (Lipinski definition) is 3. The highest BCUT2D eigenvalue weighted by Crippen LogP contribution is 2.36. The second-order valence-corrected chi connectivity index (χ2v) is 6.31. The van der Waals surface area contributed by atoms with Gasteiger partial charge in [-0.1, -0.05) is 13.8 Å². The largest absolute Gasteiger partial charge is 0.506 e. The van der Waals surface area contributed by atoms with Crippen molar-refractivity contribution < 1.29 is 14.3 Å². The molecule has 0 fully saturated rings. The molecule has 1 atom stereocenters. The van der Waals surface area contributed by atoms with Crippen LogP contribution in [0.3, 0.4) is 0 Å². The Morgan fingerprint density at radius 1 is 1.30 bits per heavy atom. The van der Waals surface area contributed by atoms with Gasteiger partial charge in [0.1, 0.15) is 17.4 Å². The van der Waals surface area contributed by atoms with Gasteiger partial charge in [0, 0.05) is 23.9 Å². The minimum absolute atomic E-state index is 0.0444. The van der Waals surface area contributed by atoms with E-state index in [-0.39, 0.29) is 23.3 Å². The van der Waals surface area contributed by atoms with Crippen LogP contribution < -0.4 is 10.6 Å². The van der Waals surface area contributed by atoms with Crippen molar-refractivity contribution in [1.82, 2.24) is 15.6 Å². The first kappa shape index (κ1) is 20.4. The Labute approximate surface area is 158 Å². The molecule has 27 heavy (non-hydrogen) atoms. The summed E-state index contributed by atoms with van der Waals surface area (Å²) >= 11 is 0. The van der Waals surface area contributed by atoms with Crippen LogP contribution in [0.5, 0.6) is 5.75 Å². The number of halogens is 1. The van der Waals surface area contributed by atoms with Crippen molar-refractivity contribution in [2.24, 2.45) is 4.99 Å².